The molecule has 1 aromatic rings. The average Bonchev–Trinajstić information content (AvgIpc) is 2.39. The van der Waals surface area contributed by atoms with Gasteiger partial charge in [0, 0.05) is 25.8 Å². The normalized spacial score (nSPS) is 23.4. The molecule has 0 amide bonds. The molecular formula is C15H23N3O. The summed E-state index contributed by atoms with van der Waals surface area (Å²) >= 11 is 0. The van der Waals surface area contributed by atoms with E-state index in [-0.39, 0.29) is 11.9 Å². The summed E-state index contributed by atoms with van der Waals surface area (Å²) in [7, 11) is 1.77. The predicted molar refractivity (Wildman–Crippen MR) is 79.0 cm³/mol. The van der Waals surface area contributed by atoms with E-state index in [4.69, 9.17) is 15.9 Å². The Morgan fingerprint density at radius 1 is 1.47 bits per heavy atom. The van der Waals surface area contributed by atoms with Crippen LogP contribution >= 0.6 is 0 Å². The summed E-state index contributed by atoms with van der Waals surface area (Å²) in [5.41, 5.74) is 8.78. The molecule has 104 valence electrons. The number of nitrogens with one attached hydrogen (secondary N) is 1. The molecule has 1 fully saturated rings. The van der Waals surface area contributed by atoms with Crippen molar-refractivity contribution in [3.63, 3.8) is 0 Å². The maximum atomic E-state index is 7.75. The molecule has 1 aliphatic rings. The van der Waals surface area contributed by atoms with Gasteiger partial charge in [-0.05, 0) is 30.9 Å². The number of benzene rings is 1. The molecule has 1 heterocycles. The molecule has 1 aromatic carbocycles. The number of hydrogen-bond acceptors (Lipinski definition) is 3. The van der Waals surface area contributed by atoms with Crippen LogP contribution in [0.3, 0.4) is 0 Å². The summed E-state index contributed by atoms with van der Waals surface area (Å²) in [5, 5.41) is 7.75. The summed E-state index contributed by atoms with van der Waals surface area (Å²) in [6, 6.07) is 5.95. The van der Waals surface area contributed by atoms with Crippen LogP contribution in [0.1, 0.15) is 24.5 Å². The van der Waals surface area contributed by atoms with Crippen LogP contribution in [0, 0.1) is 18.3 Å². The molecular weight excluding hydrogens is 238 g/mol. The van der Waals surface area contributed by atoms with Gasteiger partial charge in [-0.1, -0.05) is 19.1 Å². The molecule has 0 radical (unpaired) electrons. The van der Waals surface area contributed by atoms with Crippen molar-refractivity contribution in [3.05, 3.63) is 29.3 Å². The molecule has 2 rings (SSSR count). The second-order valence-corrected chi connectivity index (χ2v) is 5.37. The Kier molecular flexibility index (Phi) is 4.10. The minimum absolute atomic E-state index is 0.131. The molecule has 1 aliphatic heterocycles. The summed E-state index contributed by atoms with van der Waals surface area (Å²) < 4.78 is 5.57. The molecule has 4 nitrogen and oxygen atoms in total. The zero-order chi connectivity index (χ0) is 14.0. The van der Waals surface area contributed by atoms with E-state index in [2.05, 4.69) is 24.8 Å². The SMILES string of the molecule is COC1CN(c2c(C)cccc2C(=N)N)CCC1C. The van der Waals surface area contributed by atoms with Gasteiger partial charge in [0.2, 0.25) is 0 Å². The van der Waals surface area contributed by atoms with Crippen molar-refractivity contribution in [1.82, 2.24) is 0 Å². The Bertz CT molecular complexity index is 472. The first-order valence-electron chi connectivity index (χ1n) is 6.76. The van der Waals surface area contributed by atoms with Gasteiger partial charge in [0.05, 0.1) is 11.8 Å². The minimum Gasteiger partial charge on any atom is -0.384 e. The number of nitrogens with two attached hydrogens (primary N) is 1. The molecule has 1 saturated heterocycles. The van der Waals surface area contributed by atoms with Gasteiger partial charge in [0.25, 0.3) is 0 Å². The van der Waals surface area contributed by atoms with Crippen LogP contribution in [-0.4, -0.2) is 32.1 Å². The lowest BCUT2D eigenvalue weighted by Crippen LogP contribution is -2.44. The Morgan fingerprint density at radius 2 is 2.21 bits per heavy atom. The van der Waals surface area contributed by atoms with Crippen LogP contribution in [0.4, 0.5) is 5.69 Å². The van der Waals surface area contributed by atoms with Gasteiger partial charge in [-0.2, -0.15) is 0 Å². The number of piperidine rings is 1. The maximum Gasteiger partial charge on any atom is 0.124 e. The van der Waals surface area contributed by atoms with Crippen molar-refractivity contribution >= 4 is 11.5 Å². The Hall–Kier alpha value is -1.55. The topological polar surface area (TPSA) is 62.3 Å². The van der Waals surface area contributed by atoms with E-state index < -0.39 is 0 Å². The van der Waals surface area contributed by atoms with Crippen LogP contribution in [-0.2, 0) is 4.74 Å². The highest BCUT2D eigenvalue weighted by atomic mass is 16.5. The third kappa shape index (κ3) is 2.73. The largest absolute Gasteiger partial charge is 0.384 e. The zero-order valence-electron chi connectivity index (χ0n) is 11.9. The standard InChI is InChI=1S/C15H23N3O/c1-10-7-8-18(9-13(10)19-3)14-11(2)5-4-6-12(14)15(16)17/h4-6,10,13H,7-9H2,1-3H3,(H3,16,17). The third-order valence-electron chi connectivity index (χ3n) is 4.04. The van der Waals surface area contributed by atoms with E-state index in [0.29, 0.717) is 5.92 Å². The highest BCUT2D eigenvalue weighted by molar-refractivity contribution is 6.01. The predicted octanol–water partition coefficient (Wildman–Crippen LogP) is 2.14. The molecule has 0 bridgehead atoms. The summed E-state index contributed by atoms with van der Waals surface area (Å²) in [4.78, 5) is 2.31. The van der Waals surface area contributed by atoms with Crippen LogP contribution in [0.15, 0.2) is 18.2 Å². The Labute approximate surface area is 115 Å². The first-order chi connectivity index (χ1) is 9.04. The van der Waals surface area contributed by atoms with E-state index >= 15 is 0 Å². The highest BCUT2D eigenvalue weighted by Gasteiger charge is 2.28. The van der Waals surface area contributed by atoms with Gasteiger partial charge in [-0.25, -0.2) is 0 Å². The molecule has 4 heteroatoms. The number of nitrogen functional groups attached to an aromatic ring is 1. The van der Waals surface area contributed by atoms with Gasteiger partial charge in [0.1, 0.15) is 5.84 Å². The summed E-state index contributed by atoms with van der Waals surface area (Å²) in [6.45, 7) is 6.16. The van der Waals surface area contributed by atoms with E-state index in [9.17, 15) is 0 Å². The number of ether oxygens (including phenoxy) is 1. The van der Waals surface area contributed by atoms with Crippen molar-refractivity contribution in [2.75, 3.05) is 25.1 Å². The average molecular weight is 261 g/mol. The van der Waals surface area contributed by atoms with Crippen molar-refractivity contribution in [1.29, 1.82) is 5.41 Å². The van der Waals surface area contributed by atoms with E-state index in [1.54, 1.807) is 7.11 Å². The second kappa shape index (κ2) is 5.61. The number of rotatable bonds is 3. The monoisotopic (exact) mass is 261 g/mol. The van der Waals surface area contributed by atoms with Crippen molar-refractivity contribution in [3.8, 4) is 0 Å². The molecule has 19 heavy (non-hydrogen) atoms. The van der Waals surface area contributed by atoms with Crippen molar-refractivity contribution in [2.45, 2.75) is 26.4 Å². The lowest BCUT2D eigenvalue weighted by Gasteiger charge is -2.39. The quantitative estimate of drug-likeness (QED) is 0.647. The Morgan fingerprint density at radius 3 is 2.84 bits per heavy atom. The third-order valence-corrected chi connectivity index (χ3v) is 4.04. The first-order valence-corrected chi connectivity index (χ1v) is 6.76. The highest BCUT2D eigenvalue weighted by Crippen LogP contribution is 2.30. The molecule has 0 aromatic heterocycles. The van der Waals surface area contributed by atoms with Crippen molar-refractivity contribution in [2.24, 2.45) is 11.7 Å². The first kappa shape index (κ1) is 13.9. The fourth-order valence-corrected chi connectivity index (χ4v) is 2.84. The maximum absolute atomic E-state index is 7.75. The molecule has 3 N–H and O–H groups in total. The molecule has 0 aliphatic carbocycles. The number of anilines is 1. The molecule has 2 unspecified atom stereocenters. The molecule has 0 saturated carbocycles. The van der Waals surface area contributed by atoms with Crippen LogP contribution < -0.4 is 10.6 Å². The van der Waals surface area contributed by atoms with Gasteiger partial charge in [-0.3, -0.25) is 5.41 Å². The second-order valence-electron chi connectivity index (χ2n) is 5.37. The number of amidine groups is 1. The smallest absolute Gasteiger partial charge is 0.124 e. The molecule has 2 atom stereocenters. The van der Waals surface area contributed by atoms with Crippen LogP contribution in [0.5, 0.6) is 0 Å². The minimum atomic E-state index is 0.131. The van der Waals surface area contributed by atoms with Gasteiger partial charge < -0.3 is 15.4 Å². The van der Waals surface area contributed by atoms with Gasteiger partial charge in [0.15, 0.2) is 0 Å². The number of methoxy groups -OCH3 is 1. The van der Waals surface area contributed by atoms with E-state index in [1.807, 2.05) is 12.1 Å². The Balaban J connectivity index is 2.34. The zero-order valence-corrected chi connectivity index (χ0v) is 11.9. The lowest BCUT2D eigenvalue weighted by molar-refractivity contribution is 0.0498. The number of nitrogens with zero attached hydrogens (tertiary/aromatic N) is 1. The van der Waals surface area contributed by atoms with Gasteiger partial charge >= 0.3 is 0 Å². The van der Waals surface area contributed by atoms with Crippen LogP contribution in [0.2, 0.25) is 0 Å². The fraction of sp³-hybridized carbons (Fsp3) is 0.533. The number of para-hydroxylation sites is 1. The number of hydrogen-bond donors (Lipinski definition) is 2. The number of aryl methyl sites for hydroxylation is 1. The molecule has 0 spiro atoms. The lowest BCUT2D eigenvalue weighted by atomic mass is 9.94. The van der Waals surface area contributed by atoms with Crippen LogP contribution in [0.25, 0.3) is 0 Å². The van der Waals surface area contributed by atoms with E-state index in [0.717, 1.165) is 36.3 Å². The summed E-state index contributed by atoms with van der Waals surface area (Å²) in [5.74, 6) is 0.706. The van der Waals surface area contributed by atoms with E-state index in [1.165, 1.54) is 0 Å². The van der Waals surface area contributed by atoms with Crippen molar-refractivity contribution < 1.29 is 4.74 Å². The fourth-order valence-electron chi connectivity index (χ4n) is 2.84. The van der Waals surface area contributed by atoms with Gasteiger partial charge in [-0.15, -0.1) is 0 Å². The summed E-state index contributed by atoms with van der Waals surface area (Å²) in [6.07, 6.45) is 1.35.